The molecule has 1 N–H and O–H groups in total. The highest BCUT2D eigenvalue weighted by Crippen LogP contribution is 2.46. The Bertz CT molecular complexity index is 1440. The van der Waals surface area contributed by atoms with Gasteiger partial charge in [0.2, 0.25) is 0 Å². The van der Waals surface area contributed by atoms with E-state index in [-0.39, 0.29) is 21.9 Å². The number of benzene rings is 3. The number of nitrogens with zero attached hydrogens (tertiary/aromatic N) is 1. The van der Waals surface area contributed by atoms with Gasteiger partial charge in [0.25, 0.3) is 11.7 Å². The van der Waals surface area contributed by atoms with Crippen LogP contribution >= 0.6 is 22.9 Å². The number of carbonyl (C=O) groups excluding carboxylic acids is 2. The summed E-state index contributed by atoms with van der Waals surface area (Å²) in [6.07, 6.45) is 0. The van der Waals surface area contributed by atoms with Gasteiger partial charge in [0.05, 0.1) is 22.9 Å². The fourth-order valence-electron chi connectivity index (χ4n) is 4.30. The number of fused-ring (bicyclic) bond motifs is 1. The second kappa shape index (κ2) is 8.97. The normalized spacial score (nSPS) is 17.5. The first-order chi connectivity index (χ1) is 16.5. The molecule has 0 spiro atoms. The lowest BCUT2D eigenvalue weighted by atomic mass is 9.99. The highest BCUT2D eigenvalue weighted by Gasteiger charge is 2.48. The van der Waals surface area contributed by atoms with Crippen molar-refractivity contribution >= 4 is 56.8 Å². The molecule has 1 aliphatic rings. The van der Waals surface area contributed by atoms with Gasteiger partial charge >= 0.3 is 0 Å². The largest absolute Gasteiger partial charge is 0.507 e. The summed E-state index contributed by atoms with van der Waals surface area (Å²) >= 11 is 7.81. The zero-order valence-electron chi connectivity index (χ0n) is 18.2. The maximum absolute atomic E-state index is 13.4. The van der Waals surface area contributed by atoms with E-state index in [2.05, 4.69) is 0 Å². The van der Waals surface area contributed by atoms with E-state index in [9.17, 15) is 14.7 Å². The van der Waals surface area contributed by atoms with Crippen molar-refractivity contribution in [1.29, 1.82) is 0 Å². The lowest BCUT2D eigenvalue weighted by Gasteiger charge is -2.25. The van der Waals surface area contributed by atoms with Crippen molar-refractivity contribution in [3.05, 3.63) is 99.2 Å². The van der Waals surface area contributed by atoms with Gasteiger partial charge in [-0.2, -0.15) is 0 Å². The first-order valence-corrected chi connectivity index (χ1v) is 12.0. The summed E-state index contributed by atoms with van der Waals surface area (Å²) in [6.45, 7) is 2.28. The van der Waals surface area contributed by atoms with Crippen LogP contribution in [0, 0.1) is 0 Å². The SMILES string of the molecule is CCOc1ccc(Cl)c(/C(O)=C2/C(=O)C(=O)N(c3cccc4ccccc34)C2c2cccs2)c1. The van der Waals surface area contributed by atoms with Gasteiger partial charge in [0.15, 0.2) is 0 Å². The summed E-state index contributed by atoms with van der Waals surface area (Å²) in [6, 6.07) is 21.1. The summed E-state index contributed by atoms with van der Waals surface area (Å²) in [5.74, 6) is -1.29. The standard InChI is InChI=1S/C27H20ClNO4S/c1-2-33-17-12-13-20(28)19(15-17)25(30)23-24(22-11-6-14-34-22)29(27(32)26(23)31)21-10-5-8-16-7-3-4-9-18(16)21/h3-15,24,30H,2H2,1H3/b25-23-. The van der Waals surface area contributed by atoms with Gasteiger partial charge in [0.1, 0.15) is 17.6 Å². The van der Waals surface area contributed by atoms with Crippen molar-refractivity contribution in [3.8, 4) is 5.75 Å². The molecule has 5 nitrogen and oxygen atoms in total. The molecule has 1 aliphatic heterocycles. The fraction of sp³-hybridized carbons (Fsp3) is 0.111. The van der Waals surface area contributed by atoms with Gasteiger partial charge in [-0.1, -0.05) is 54.1 Å². The molecule has 1 atom stereocenters. The number of aliphatic hydroxyl groups excluding tert-OH is 1. The Morgan fingerprint density at radius 1 is 1.06 bits per heavy atom. The number of amides is 1. The average molecular weight is 490 g/mol. The van der Waals surface area contributed by atoms with E-state index in [1.54, 1.807) is 18.2 Å². The molecule has 3 aromatic carbocycles. The summed E-state index contributed by atoms with van der Waals surface area (Å²) in [5, 5.41) is 15.3. The predicted octanol–water partition coefficient (Wildman–Crippen LogP) is 6.58. The van der Waals surface area contributed by atoms with Crippen LogP contribution in [0.1, 0.15) is 23.4 Å². The Hall–Kier alpha value is -3.61. The third kappa shape index (κ3) is 3.65. The van der Waals surface area contributed by atoms with Crippen molar-refractivity contribution < 1.29 is 19.4 Å². The summed E-state index contributed by atoms with van der Waals surface area (Å²) in [5.41, 5.74) is 0.841. The Balaban J connectivity index is 1.75. The monoisotopic (exact) mass is 489 g/mol. The van der Waals surface area contributed by atoms with Crippen molar-refractivity contribution in [1.82, 2.24) is 0 Å². The Labute approximate surface area is 205 Å². The maximum Gasteiger partial charge on any atom is 0.300 e. The number of rotatable bonds is 5. The molecule has 5 rings (SSSR count). The molecule has 7 heteroatoms. The van der Waals surface area contributed by atoms with Crippen LogP contribution in [-0.4, -0.2) is 23.4 Å². The maximum atomic E-state index is 13.4. The number of hydrogen-bond donors (Lipinski definition) is 1. The predicted molar refractivity (Wildman–Crippen MR) is 136 cm³/mol. The van der Waals surface area contributed by atoms with Crippen molar-refractivity contribution in [2.24, 2.45) is 0 Å². The van der Waals surface area contributed by atoms with Crippen LogP contribution in [0.15, 0.2) is 83.7 Å². The molecular weight excluding hydrogens is 470 g/mol. The van der Waals surface area contributed by atoms with Crippen LogP contribution in [-0.2, 0) is 9.59 Å². The first-order valence-electron chi connectivity index (χ1n) is 10.8. The van der Waals surface area contributed by atoms with Crippen molar-refractivity contribution in [2.75, 3.05) is 11.5 Å². The van der Waals surface area contributed by atoms with Crippen LogP contribution in [0.2, 0.25) is 5.02 Å². The lowest BCUT2D eigenvalue weighted by molar-refractivity contribution is -0.132. The van der Waals surface area contributed by atoms with Gasteiger partial charge in [-0.25, -0.2) is 0 Å². The molecule has 0 bridgehead atoms. The quantitative estimate of drug-likeness (QED) is 0.195. The fourth-order valence-corrected chi connectivity index (χ4v) is 5.33. The number of ketones is 1. The lowest BCUT2D eigenvalue weighted by Crippen LogP contribution is -2.29. The average Bonchev–Trinajstić information content (AvgIpc) is 3.47. The molecule has 1 saturated heterocycles. The number of Topliss-reactive ketones (excluding diaryl/α,β-unsaturated/α-hetero) is 1. The van der Waals surface area contributed by atoms with E-state index in [0.717, 1.165) is 15.6 Å². The highest BCUT2D eigenvalue weighted by atomic mass is 35.5. The number of carbonyl (C=O) groups is 2. The molecule has 1 fully saturated rings. The number of ether oxygens (including phenoxy) is 1. The van der Waals surface area contributed by atoms with Gasteiger partial charge in [-0.15, -0.1) is 11.3 Å². The Morgan fingerprint density at radius 3 is 2.62 bits per heavy atom. The Kier molecular flexibility index (Phi) is 5.86. The van der Waals surface area contributed by atoms with Gasteiger partial charge in [0, 0.05) is 15.8 Å². The van der Waals surface area contributed by atoms with Crippen molar-refractivity contribution in [3.63, 3.8) is 0 Å². The van der Waals surface area contributed by atoms with E-state index in [1.165, 1.54) is 16.2 Å². The summed E-state index contributed by atoms with van der Waals surface area (Å²) in [4.78, 5) is 29.1. The molecule has 0 aliphatic carbocycles. The Morgan fingerprint density at radius 2 is 1.85 bits per heavy atom. The number of aliphatic hydroxyl groups is 1. The molecule has 170 valence electrons. The first kappa shape index (κ1) is 22.2. The topological polar surface area (TPSA) is 66.8 Å². The minimum absolute atomic E-state index is 0.00377. The van der Waals surface area contributed by atoms with E-state index >= 15 is 0 Å². The van der Waals surface area contributed by atoms with E-state index in [1.807, 2.05) is 66.9 Å². The molecular formula is C27H20ClNO4S. The third-order valence-electron chi connectivity index (χ3n) is 5.79. The molecule has 0 radical (unpaired) electrons. The van der Waals surface area contributed by atoms with E-state index in [4.69, 9.17) is 16.3 Å². The van der Waals surface area contributed by atoms with Crippen LogP contribution in [0.5, 0.6) is 5.75 Å². The number of anilines is 1. The third-order valence-corrected chi connectivity index (χ3v) is 7.04. The number of halogens is 1. The number of hydrogen-bond acceptors (Lipinski definition) is 5. The molecule has 4 aromatic rings. The molecule has 1 unspecified atom stereocenters. The smallest absolute Gasteiger partial charge is 0.300 e. The highest BCUT2D eigenvalue weighted by molar-refractivity contribution is 7.10. The summed E-state index contributed by atoms with van der Waals surface area (Å²) in [7, 11) is 0. The molecule has 1 amide bonds. The van der Waals surface area contributed by atoms with E-state index < -0.39 is 17.7 Å². The van der Waals surface area contributed by atoms with Crippen LogP contribution in [0.25, 0.3) is 16.5 Å². The second-order valence-corrected chi connectivity index (χ2v) is 9.14. The van der Waals surface area contributed by atoms with Crippen LogP contribution in [0.3, 0.4) is 0 Å². The molecule has 34 heavy (non-hydrogen) atoms. The van der Waals surface area contributed by atoms with Gasteiger partial charge in [-0.05, 0) is 48.0 Å². The zero-order valence-corrected chi connectivity index (χ0v) is 19.8. The second-order valence-electron chi connectivity index (χ2n) is 7.76. The van der Waals surface area contributed by atoms with Crippen molar-refractivity contribution in [2.45, 2.75) is 13.0 Å². The zero-order chi connectivity index (χ0) is 23.8. The van der Waals surface area contributed by atoms with Gasteiger partial charge in [-0.3, -0.25) is 14.5 Å². The van der Waals surface area contributed by atoms with E-state index in [0.29, 0.717) is 18.0 Å². The van der Waals surface area contributed by atoms with Crippen LogP contribution < -0.4 is 9.64 Å². The molecule has 2 heterocycles. The van der Waals surface area contributed by atoms with Crippen LogP contribution in [0.4, 0.5) is 5.69 Å². The molecule has 0 saturated carbocycles. The molecule has 1 aromatic heterocycles. The summed E-state index contributed by atoms with van der Waals surface area (Å²) < 4.78 is 5.55. The van der Waals surface area contributed by atoms with Gasteiger partial charge < -0.3 is 9.84 Å². The minimum Gasteiger partial charge on any atom is -0.507 e. The number of thiophene rings is 1. The minimum atomic E-state index is -0.794.